The molecule has 2 bridgehead atoms. The van der Waals surface area contributed by atoms with E-state index in [0.717, 1.165) is 11.0 Å². The molecule has 0 spiro atoms. The number of primary amides is 1. The average Bonchev–Trinajstić information content (AvgIpc) is 3.45. The van der Waals surface area contributed by atoms with E-state index in [9.17, 15) is 38.7 Å². The molecule has 0 saturated heterocycles. The number of nitrogens with one attached hydrogen (secondary N) is 3. The summed E-state index contributed by atoms with van der Waals surface area (Å²) >= 11 is 0. The number of Topliss-reactive ketones (excluding diaryl/α,β-unsaturated/α-hetero) is 1. The standard InChI is InChI=1S/C39H53N5O11/c1-22-18-26-34(42-16-9-15-41-31(46)12-8-17-44-32(47)13-14-33(44)48)28(45)21-27(36(26)50)43-38(51)23(2)10-7-11-29(53-5)37(55-39(40)52)25(4)20-24(3)35(49)30(19-22)54-6/h7,10-11,13-14,20-22,24,29-30,35,37,42,49H,8-9,12,15-19H2,1-6H3,(H2,40,52)(H,41,46)(H,43,51). The largest absolute Gasteiger partial charge is 0.439 e. The normalized spacial score (nSPS) is 25.7. The number of hydrogen-bond acceptors (Lipinski definition) is 12. The Labute approximate surface area is 320 Å². The van der Waals surface area contributed by atoms with Crippen LogP contribution in [0, 0.1) is 11.8 Å². The summed E-state index contributed by atoms with van der Waals surface area (Å²) in [6, 6.07) is 0. The van der Waals surface area contributed by atoms with E-state index in [-0.39, 0.29) is 73.3 Å². The fourth-order valence-corrected chi connectivity index (χ4v) is 6.45. The van der Waals surface area contributed by atoms with Crippen LogP contribution < -0.4 is 21.7 Å². The number of imide groups is 1. The maximum Gasteiger partial charge on any atom is 0.405 e. The Hall–Kier alpha value is -5.19. The average molecular weight is 768 g/mol. The van der Waals surface area contributed by atoms with Gasteiger partial charge in [-0.05, 0) is 51.0 Å². The number of nitrogens with zero attached hydrogens (tertiary/aromatic N) is 1. The van der Waals surface area contributed by atoms with Gasteiger partial charge in [-0.15, -0.1) is 0 Å². The van der Waals surface area contributed by atoms with Gasteiger partial charge in [0, 0.05) is 75.6 Å². The minimum Gasteiger partial charge on any atom is -0.439 e. The number of nitrogens with two attached hydrogens (primary N) is 1. The highest BCUT2D eigenvalue weighted by Crippen LogP contribution is 2.29. The fraction of sp³-hybridized carbons (Fsp3) is 0.513. The van der Waals surface area contributed by atoms with Crippen LogP contribution in [0.1, 0.15) is 59.8 Å². The van der Waals surface area contributed by atoms with Crippen molar-refractivity contribution >= 4 is 41.3 Å². The van der Waals surface area contributed by atoms with E-state index in [1.54, 1.807) is 26.0 Å². The minimum atomic E-state index is -1.03. The number of carbonyl (C=O) groups is 7. The molecule has 0 saturated carbocycles. The quantitative estimate of drug-likeness (QED) is 0.0825. The summed E-state index contributed by atoms with van der Waals surface area (Å²) in [5.74, 6) is -3.56. The summed E-state index contributed by atoms with van der Waals surface area (Å²) < 4.78 is 16.7. The number of allylic oxidation sites excluding steroid dienone is 4. The predicted octanol–water partition coefficient (Wildman–Crippen LogP) is 1.56. The third-order valence-electron chi connectivity index (χ3n) is 9.46. The van der Waals surface area contributed by atoms with Crippen molar-refractivity contribution in [1.29, 1.82) is 0 Å². The number of hydrogen-bond donors (Lipinski definition) is 5. The highest BCUT2D eigenvalue weighted by atomic mass is 16.6. The highest BCUT2D eigenvalue weighted by Gasteiger charge is 2.33. The molecule has 0 fully saturated rings. The SMILES string of the molecule is COC1C=CC=C(C)C(=O)NC2=CC(=O)C(NCCCNC(=O)CCCN3C(=O)C=CC3=O)=C(CC(C)CC(OC)C(O)C(C)C=C(C)C1OC(N)=O)C2=O. The first-order valence-corrected chi connectivity index (χ1v) is 18.2. The number of rotatable bonds is 12. The van der Waals surface area contributed by atoms with Gasteiger partial charge in [0.2, 0.25) is 17.5 Å². The lowest BCUT2D eigenvalue weighted by Gasteiger charge is -2.30. The number of carbonyl (C=O) groups excluding carboxylic acids is 7. The second-order valence-corrected chi connectivity index (χ2v) is 13.8. The lowest BCUT2D eigenvalue weighted by molar-refractivity contribution is -0.137. The number of aliphatic hydroxyl groups excluding tert-OH is 1. The molecule has 1 aliphatic carbocycles. The van der Waals surface area contributed by atoms with Gasteiger partial charge in [0.25, 0.3) is 17.7 Å². The van der Waals surface area contributed by atoms with Crippen LogP contribution in [0.4, 0.5) is 4.79 Å². The van der Waals surface area contributed by atoms with Crippen LogP contribution >= 0.6 is 0 Å². The minimum absolute atomic E-state index is 0.0726. The van der Waals surface area contributed by atoms with E-state index in [4.69, 9.17) is 19.9 Å². The van der Waals surface area contributed by atoms with Gasteiger partial charge < -0.3 is 41.0 Å². The lowest BCUT2D eigenvalue weighted by Crippen LogP contribution is -2.38. The van der Waals surface area contributed by atoms with E-state index in [1.165, 1.54) is 45.4 Å². The molecular formula is C39H53N5O11. The van der Waals surface area contributed by atoms with E-state index < -0.39 is 65.7 Å². The molecule has 55 heavy (non-hydrogen) atoms. The van der Waals surface area contributed by atoms with Crippen LogP contribution in [0.2, 0.25) is 0 Å². The molecule has 2 aliphatic heterocycles. The molecule has 300 valence electrons. The Morgan fingerprint density at radius 3 is 2.35 bits per heavy atom. The first kappa shape index (κ1) is 44.2. The van der Waals surface area contributed by atoms with Gasteiger partial charge in [0.05, 0.1) is 23.6 Å². The van der Waals surface area contributed by atoms with Crippen molar-refractivity contribution in [2.24, 2.45) is 17.6 Å². The summed E-state index contributed by atoms with van der Waals surface area (Å²) in [5, 5.41) is 19.8. The molecule has 16 nitrogen and oxygen atoms in total. The van der Waals surface area contributed by atoms with Crippen LogP contribution in [0.5, 0.6) is 0 Å². The monoisotopic (exact) mass is 767 g/mol. The van der Waals surface area contributed by atoms with Crippen LogP contribution in [0.3, 0.4) is 0 Å². The molecule has 0 aromatic carbocycles. The van der Waals surface area contributed by atoms with E-state index in [2.05, 4.69) is 16.0 Å². The van der Waals surface area contributed by atoms with Gasteiger partial charge in [0.15, 0.2) is 6.10 Å². The predicted molar refractivity (Wildman–Crippen MR) is 200 cm³/mol. The van der Waals surface area contributed by atoms with Gasteiger partial charge in [0.1, 0.15) is 6.10 Å². The number of ketones is 2. The lowest BCUT2D eigenvalue weighted by atomic mass is 9.85. The van der Waals surface area contributed by atoms with Gasteiger partial charge in [-0.3, -0.25) is 33.7 Å². The molecule has 5 amide bonds. The van der Waals surface area contributed by atoms with Gasteiger partial charge in [-0.25, -0.2) is 4.79 Å². The Morgan fingerprint density at radius 2 is 1.71 bits per heavy atom. The van der Waals surface area contributed by atoms with Crippen LogP contribution in [0.15, 0.2) is 70.6 Å². The van der Waals surface area contributed by atoms with Crippen LogP contribution in [-0.2, 0) is 43.0 Å². The second-order valence-electron chi connectivity index (χ2n) is 13.8. The first-order chi connectivity index (χ1) is 26.1. The summed E-state index contributed by atoms with van der Waals surface area (Å²) in [6.07, 6.45) is 6.42. The van der Waals surface area contributed by atoms with Crippen molar-refractivity contribution in [3.05, 3.63) is 70.6 Å². The summed E-state index contributed by atoms with van der Waals surface area (Å²) in [7, 11) is 2.88. The van der Waals surface area contributed by atoms with Crippen LogP contribution in [-0.4, -0.2) is 110 Å². The molecule has 0 aromatic heterocycles. The molecule has 3 aliphatic rings. The number of aliphatic hydroxyl groups is 1. The summed E-state index contributed by atoms with van der Waals surface area (Å²) in [4.78, 5) is 89.2. The van der Waals surface area contributed by atoms with Crippen molar-refractivity contribution in [2.45, 2.75) is 84.2 Å². The van der Waals surface area contributed by atoms with Gasteiger partial charge >= 0.3 is 6.09 Å². The Morgan fingerprint density at radius 1 is 1.02 bits per heavy atom. The number of methoxy groups -OCH3 is 2. The Bertz CT molecular complexity index is 1670. The van der Waals surface area contributed by atoms with Crippen molar-refractivity contribution in [2.75, 3.05) is 33.9 Å². The van der Waals surface area contributed by atoms with E-state index in [1.807, 2.05) is 6.92 Å². The van der Waals surface area contributed by atoms with E-state index >= 15 is 0 Å². The molecule has 2 heterocycles. The number of amides is 5. The van der Waals surface area contributed by atoms with Crippen LogP contribution in [0.25, 0.3) is 0 Å². The van der Waals surface area contributed by atoms with Gasteiger partial charge in [-0.2, -0.15) is 0 Å². The summed E-state index contributed by atoms with van der Waals surface area (Å²) in [5.41, 5.74) is 6.15. The molecular weight excluding hydrogens is 714 g/mol. The van der Waals surface area contributed by atoms with Crippen molar-refractivity contribution in [3.63, 3.8) is 0 Å². The summed E-state index contributed by atoms with van der Waals surface area (Å²) in [6.45, 7) is 7.49. The van der Waals surface area contributed by atoms with Crippen molar-refractivity contribution in [1.82, 2.24) is 20.9 Å². The molecule has 6 N–H and O–H groups in total. The van der Waals surface area contributed by atoms with Crippen molar-refractivity contribution < 1.29 is 52.9 Å². The molecule has 6 atom stereocenters. The maximum absolute atomic E-state index is 13.9. The smallest absolute Gasteiger partial charge is 0.405 e. The zero-order chi connectivity index (χ0) is 40.8. The van der Waals surface area contributed by atoms with Gasteiger partial charge in [-0.1, -0.05) is 38.2 Å². The third-order valence-corrected chi connectivity index (χ3v) is 9.46. The Balaban J connectivity index is 1.81. The molecule has 3 rings (SSSR count). The fourth-order valence-electron chi connectivity index (χ4n) is 6.45. The second kappa shape index (κ2) is 21.0. The number of fused-ring (bicyclic) bond motifs is 2. The zero-order valence-corrected chi connectivity index (χ0v) is 32.2. The number of ether oxygens (including phenoxy) is 3. The molecule has 0 aromatic rings. The molecule has 16 heteroatoms. The highest BCUT2D eigenvalue weighted by molar-refractivity contribution is 6.23. The zero-order valence-electron chi connectivity index (χ0n) is 32.2. The topological polar surface area (TPSA) is 233 Å². The maximum atomic E-state index is 13.9. The first-order valence-electron chi connectivity index (χ1n) is 18.2. The molecule has 0 radical (unpaired) electrons. The molecule has 6 unspecified atom stereocenters. The Kier molecular flexibility index (Phi) is 16.9. The van der Waals surface area contributed by atoms with Crippen molar-refractivity contribution in [3.8, 4) is 0 Å². The third kappa shape index (κ3) is 12.7. The van der Waals surface area contributed by atoms with E-state index in [0.29, 0.717) is 18.4 Å².